The molecule has 1 aliphatic rings. The Labute approximate surface area is 190 Å². The van der Waals surface area contributed by atoms with Gasteiger partial charge in [-0.1, -0.05) is 0 Å². The van der Waals surface area contributed by atoms with Crippen molar-refractivity contribution in [2.75, 3.05) is 30.8 Å². The van der Waals surface area contributed by atoms with E-state index in [1.165, 1.54) is 6.07 Å². The topological polar surface area (TPSA) is 90.9 Å². The van der Waals surface area contributed by atoms with E-state index in [0.717, 1.165) is 31.6 Å². The van der Waals surface area contributed by atoms with Crippen molar-refractivity contribution in [1.82, 2.24) is 24.9 Å². The molecule has 0 unspecified atom stereocenters. The van der Waals surface area contributed by atoms with E-state index in [1.807, 2.05) is 24.3 Å². The predicted octanol–water partition coefficient (Wildman–Crippen LogP) is 3.86. The van der Waals surface area contributed by atoms with Gasteiger partial charge in [-0.15, -0.1) is 0 Å². The minimum atomic E-state index is -0.404. The van der Waals surface area contributed by atoms with E-state index in [-0.39, 0.29) is 11.6 Å². The lowest BCUT2D eigenvalue weighted by Gasteiger charge is -2.30. The summed E-state index contributed by atoms with van der Waals surface area (Å²) in [7, 11) is 3.91. The molecule has 0 atom stereocenters. The van der Waals surface area contributed by atoms with Gasteiger partial charge in [-0.2, -0.15) is 10.2 Å². The number of fused-ring (bicyclic) bond motifs is 1. The normalized spacial score (nSPS) is 15.1. The summed E-state index contributed by atoms with van der Waals surface area (Å²) in [4.78, 5) is 15.3. The van der Waals surface area contributed by atoms with Crippen LogP contribution in [0.15, 0.2) is 48.8 Å². The fraction of sp³-hybridized carbons (Fsp3) is 0.292. The third-order valence-electron chi connectivity index (χ3n) is 6.11. The lowest BCUT2D eigenvalue weighted by atomic mass is 10.0. The van der Waals surface area contributed by atoms with E-state index in [9.17, 15) is 9.18 Å². The van der Waals surface area contributed by atoms with Crippen LogP contribution in [0.2, 0.25) is 0 Å². The Hall–Kier alpha value is -3.72. The Morgan fingerprint density at radius 2 is 1.85 bits per heavy atom. The molecule has 2 aromatic carbocycles. The number of halogens is 1. The number of hydrogen-bond acceptors (Lipinski definition) is 5. The van der Waals surface area contributed by atoms with Crippen molar-refractivity contribution >= 4 is 28.2 Å². The molecule has 1 saturated heterocycles. The van der Waals surface area contributed by atoms with Gasteiger partial charge in [-0.05, 0) is 63.3 Å². The largest absolute Gasteiger partial charge is 0.382 e. The third kappa shape index (κ3) is 4.45. The van der Waals surface area contributed by atoms with Crippen LogP contribution in [0.1, 0.15) is 23.3 Å². The number of aryl methyl sites for hydroxylation is 1. The number of likely N-dealkylation sites (tertiary alicyclic amines) is 1. The molecule has 0 bridgehead atoms. The first-order valence-electron chi connectivity index (χ1n) is 11.0. The average molecular weight is 448 g/mol. The molecule has 3 heterocycles. The van der Waals surface area contributed by atoms with Crippen LogP contribution in [0.3, 0.4) is 0 Å². The van der Waals surface area contributed by atoms with Gasteiger partial charge in [0.15, 0.2) is 5.69 Å². The first-order valence-corrected chi connectivity index (χ1v) is 11.0. The van der Waals surface area contributed by atoms with Crippen molar-refractivity contribution in [2.24, 2.45) is 7.05 Å². The number of rotatable bonds is 5. The van der Waals surface area contributed by atoms with Gasteiger partial charge in [0, 0.05) is 53.2 Å². The number of nitrogens with one attached hydrogen (secondary N) is 3. The van der Waals surface area contributed by atoms with Crippen LogP contribution in [0.25, 0.3) is 22.0 Å². The van der Waals surface area contributed by atoms with Crippen LogP contribution in [-0.2, 0) is 7.05 Å². The van der Waals surface area contributed by atoms with E-state index in [4.69, 9.17) is 0 Å². The molecular weight excluding hydrogens is 421 g/mol. The standard InChI is InChI=1S/C24H26FN7O/c1-31-9-7-18(8-10-31)27-16-3-5-17(6-4-16)28-24(33)23-20-11-19(15-13-26-32(2)14-15)21(25)12-22(20)29-30-23/h3-6,11-14,18,27H,7-10H2,1-2H3,(H,28,33)(H,29,30). The zero-order valence-corrected chi connectivity index (χ0v) is 18.6. The minimum absolute atomic E-state index is 0.212. The Kier molecular flexibility index (Phi) is 5.55. The minimum Gasteiger partial charge on any atom is -0.382 e. The van der Waals surface area contributed by atoms with Crippen molar-refractivity contribution in [1.29, 1.82) is 0 Å². The van der Waals surface area contributed by atoms with Crippen molar-refractivity contribution < 1.29 is 9.18 Å². The number of aromatic nitrogens is 4. The number of piperidine rings is 1. The summed E-state index contributed by atoms with van der Waals surface area (Å²) < 4.78 is 16.2. The summed E-state index contributed by atoms with van der Waals surface area (Å²) in [5.74, 6) is -0.764. The fourth-order valence-electron chi connectivity index (χ4n) is 4.22. The first-order chi connectivity index (χ1) is 16.0. The van der Waals surface area contributed by atoms with Gasteiger partial charge in [0.25, 0.3) is 5.91 Å². The second kappa shape index (κ2) is 8.67. The zero-order chi connectivity index (χ0) is 22.9. The van der Waals surface area contributed by atoms with Gasteiger partial charge in [-0.3, -0.25) is 14.6 Å². The number of H-pyrrole nitrogens is 1. The summed E-state index contributed by atoms with van der Waals surface area (Å²) >= 11 is 0. The molecule has 0 aliphatic carbocycles. The molecule has 5 rings (SSSR count). The van der Waals surface area contributed by atoms with Gasteiger partial charge in [0.05, 0.1) is 11.7 Å². The Morgan fingerprint density at radius 1 is 1.12 bits per heavy atom. The number of benzene rings is 2. The fourth-order valence-corrected chi connectivity index (χ4v) is 4.22. The number of amides is 1. The highest BCUT2D eigenvalue weighted by Crippen LogP contribution is 2.29. The Morgan fingerprint density at radius 3 is 2.55 bits per heavy atom. The molecule has 33 heavy (non-hydrogen) atoms. The predicted molar refractivity (Wildman–Crippen MR) is 127 cm³/mol. The van der Waals surface area contributed by atoms with Crippen molar-refractivity contribution in [3.8, 4) is 11.1 Å². The molecule has 4 aromatic rings. The molecule has 170 valence electrons. The van der Waals surface area contributed by atoms with E-state index in [1.54, 1.807) is 30.2 Å². The zero-order valence-electron chi connectivity index (χ0n) is 18.6. The number of hydrogen-bond donors (Lipinski definition) is 3. The number of carbonyl (C=O) groups is 1. The highest BCUT2D eigenvalue weighted by molar-refractivity contribution is 6.11. The van der Waals surface area contributed by atoms with Gasteiger partial charge < -0.3 is 15.5 Å². The number of nitrogens with zero attached hydrogens (tertiary/aromatic N) is 4. The molecule has 0 saturated carbocycles. The SMILES string of the molecule is CN1CCC(Nc2ccc(NC(=O)c3n[nH]c4cc(F)c(-c5cnn(C)c5)cc34)cc2)CC1. The molecule has 1 amide bonds. The summed E-state index contributed by atoms with van der Waals surface area (Å²) in [6.07, 6.45) is 5.54. The molecule has 3 N–H and O–H groups in total. The molecule has 8 nitrogen and oxygen atoms in total. The quantitative estimate of drug-likeness (QED) is 0.432. The lowest BCUT2D eigenvalue weighted by Crippen LogP contribution is -2.36. The number of carbonyl (C=O) groups excluding carboxylic acids is 1. The second-order valence-electron chi connectivity index (χ2n) is 8.61. The monoisotopic (exact) mass is 447 g/mol. The summed E-state index contributed by atoms with van der Waals surface area (Å²) in [6, 6.07) is 11.1. The van der Waals surface area contributed by atoms with Crippen LogP contribution in [0.5, 0.6) is 0 Å². The van der Waals surface area contributed by atoms with Crippen LogP contribution < -0.4 is 10.6 Å². The van der Waals surface area contributed by atoms with Gasteiger partial charge in [0.1, 0.15) is 5.82 Å². The molecule has 0 radical (unpaired) electrons. The number of anilines is 2. The molecule has 2 aromatic heterocycles. The molecule has 0 spiro atoms. The van der Waals surface area contributed by atoms with E-state index >= 15 is 0 Å². The highest BCUT2D eigenvalue weighted by atomic mass is 19.1. The maximum atomic E-state index is 14.6. The molecular formula is C24H26FN7O. The third-order valence-corrected chi connectivity index (χ3v) is 6.11. The maximum Gasteiger partial charge on any atom is 0.276 e. The highest BCUT2D eigenvalue weighted by Gasteiger charge is 2.19. The Balaban J connectivity index is 1.32. The van der Waals surface area contributed by atoms with Crippen LogP contribution in [0.4, 0.5) is 15.8 Å². The molecule has 1 fully saturated rings. The summed E-state index contributed by atoms with van der Waals surface area (Å²) in [6.45, 7) is 2.19. The van der Waals surface area contributed by atoms with E-state index < -0.39 is 5.82 Å². The summed E-state index contributed by atoms with van der Waals surface area (Å²) in [5.41, 5.74) is 3.38. The van der Waals surface area contributed by atoms with Gasteiger partial charge >= 0.3 is 0 Å². The van der Waals surface area contributed by atoms with Crippen molar-refractivity contribution in [3.05, 3.63) is 60.3 Å². The number of aromatic amines is 1. The van der Waals surface area contributed by atoms with Crippen molar-refractivity contribution in [3.63, 3.8) is 0 Å². The Bertz CT molecular complexity index is 1290. The first kappa shape index (κ1) is 21.1. The van der Waals surface area contributed by atoms with E-state index in [2.05, 4.69) is 37.9 Å². The molecule has 1 aliphatic heterocycles. The van der Waals surface area contributed by atoms with Gasteiger partial charge in [0.2, 0.25) is 0 Å². The smallest absolute Gasteiger partial charge is 0.276 e. The second-order valence-corrected chi connectivity index (χ2v) is 8.61. The molecule has 9 heteroatoms. The van der Waals surface area contributed by atoms with E-state index in [0.29, 0.717) is 33.8 Å². The van der Waals surface area contributed by atoms with Gasteiger partial charge in [-0.25, -0.2) is 4.39 Å². The maximum absolute atomic E-state index is 14.6. The van der Waals surface area contributed by atoms with Crippen LogP contribution in [0, 0.1) is 5.82 Å². The summed E-state index contributed by atoms with van der Waals surface area (Å²) in [5, 5.41) is 18.0. The van der Waals surface area contributed by atoms with Crippen molar-refractivity contribution in [2.45, 2.75) is 18.9 Å². The average Bonchev–Trinajstić information content (AvgIpc) is 3.42. The lowest BCUT2D eigenvalue weighted by molar-refractivity contribution is 0.102. The van der Waals surface area contributed by atoms with Crippen LogP contribution in [-0.4, -0.2) is 57.0 Å². The van der Waals surface area contributed by atoms with Crippen LogP contribution >= 0.6 is 0 Å².